The molecule has 0 bridgehead atoms. The first-order valence-electron chi connectivity index (χ1n) is 8.14. The molecule has 1 aromatic heterocycles. The third-order valence-corrected chi connectivity index (χ3v) is 3.71. The zero-order chi connectivity index (χ0) is 19.2. The first-order chi connectivity index (χ1) is 13.1. The SMILES string of the molecule is COc1ccc(OC)c(NC(=O)c2ccc(OCc3noc(C)n3)cc2)c1. The number of methoxy groups -OCH3 is 2. The Kier molecular flexibility index (Phi) is 5.55. The molecule has 0 saturated carbocycles. The van der Waals surface area contributed by atoms with Crippen molar-refractivity contribution in [2.75, 3.05) is 19.5 Å². The molecule has 0 fully saturated rings. The van der Waals surface area contributed by atoms with Crippen molar-refractivity contribution in [3.63, 3.8) is 0 Å². The Bertz CT molecular complexity index is 921. The number of carbonyl (C=O) groups excluding carboxylic acids is 1. The van der Waals surface area contributed by atoms with Gasteiger partial charge >= 0.3 is 0 Å². The molecule has 140 valence electrons. The average molecular weight is 369 g/mol. The molecule has 0 radical (unpaired) electrons. The number of amides is 1. The third-order valence-electron chi connectivity index (χ3n) is 3.71. The summed E-state index contributed by atoms with van der Waals surface area (Å²) in [6.07, 6.45) is 0. The van der Waals surface area contributed by atoms with E-state index in [2.05, 4.69) is 15.5 Å². The molecular weight excluding hydrogens is 350 g/mol. The number of aryl methyl sites for hydroxylation is 1. The highest BCUT2D eigenvalue weighted by Gasteiger charge is 2.11. The van der Waals surface area contributed by atoms with Crippen LogP contribution in [0.25, 0.3) is 0 Å². The molecule has 3 aromatic rings. The van der Waals surface area contributed by atoms with Crippen LogP contribution in [0.5, 0.6) is 17.2 Å². The van der Waals surface area contributed by atoms with Gasteiger partial charge in [0.05, 0.1) is 19.9 Å². The predicted molar refractivity (Wildman–Crippen MR) is 97.3 cm³/mol. The van der Waals surface area contributed by atoms with Gasteiger partial charge in [-0.25, -0.2) is 0 Å². The lowest BCUT2D eigenvalue weighted by Gasteiger charge is -2.12. The summed E-state index contributed by atoms with van der Waals surface area (Å²) in [5.41, 5.74) is 0.997. The predicted octanol–water partition coefficient (Wildman–Crippen LogP) is 3.23. The van der Waals surface area contributed by atoms with Gasteiger partial charge in [-0.15, -0.1) is 0 Å². The van der Waals surface area contributed by atoms with E-state index >= 15 is 0 Å². The molecule has 0 saturated heterocycles. The van der Waals surface area contributed by atoms with Crippen molar-refractivity contribution in [2.45, 2.75) is 13.5 Å². The topological polar surface area (TPSA) is 95.7 Å². The molecule has 0 aliphatic carbocycles. The number of rotatable bonds is 7. The van der Waals surface area contributed by atoms with Crippen LogP contribution in [0.1, 0.15) is 22.1 Å². The van der Waals surface area contributed by atoms with Gasteiger partial charge < -0.3 is 24.1 Å². The summed E-state index contributed by atoms with van der Waals surface area (Å²) >= 11 is 0. The molecule has 1 amide bonds. The fraction of sp³-hybridized carbons (Fsp3) is 0.211. The quantitative estimate of drug-likeness (QED) is 0.683. The molecule has 1 N–H and O–H groups in total. The number of nitrogens with zero attached hydrogens (tertiary/aromatic N) is 2. The van der Waals surface area contributed by atoms with E-state index in [1.165, 1.54) is 7.11 Å². The minimum atomic E-state index is -0.276. The molecule has 8 heteroatoms. The van der Waals surface area contributed by atoms with Crippen LogP contribution in [0.3, 0.4) is 0 Å². The van der Waals surface area contributed by atoms with E-state index in [-0.39, 0.29) is 12.5 Å². The highest BCUT2D eigenvalue weighted by molar-refractivity contribution is 6.05. The Labute approximate surface area is 156 Å². The van der Waals surface area contributed by atoms with Gasteiger partial charge in [0.15, 0.2) is 6.61 Å². The van der Waals surface area contributed by atoms with Crippen molar-refractivity contribution in [3.8, 4) is 17.2 Å². The number of nitrogens with one attached hydrogen (secondary N) is 1. The van der Waals surface area contributed by atoms with Crippen LogP contribution >= 0.6 is 0 Å². The van der Waals surface area contributed by atoms with E-state index in [0.717, 1.165) is 0 Å². The van der Waals surface area contributed by atoms with Crippen LogP contribution in [0.4, 0.5) is 5.69 Å². The second-order valence-corrected chi connectivity index (χ2v) is 5.56. The molecule has 3 rings (SSSR count). The van der Waals surface area contributed by atoms with Gasteiger partial charge in [0.2, 0.25) is 11.7 Å². The smallest absolute Gasteiger partial charge is 0.255 e. The summed E-state index contributed by atoms with van der Waals surface area (Å²) in [6, 6.07) is 11.9. The van der Waals surface area contributed by atoms with E-state index in [1.54, 1.807) is 56.5 Å². The Hall–Kier alpha value is -3.55. The second kappa shape index (κ2) is 8.22. The normalized spacial score (nSPS) is 10.3. The first kappa shape index (κ1) is 18.2. The summed E-state index contributed by atoms with van der Waals surface area (Å²) in [6.45, 7) is 1.89. The van der Waals surface area contributed by atoms with Crippen molar-refractivity contribution in [2.24, 2.45) is 0 Å². The lowest BCUT2D eigenvalue weighted by molar-refractivity contribution is 0.102. The molecule has 0 aliphatic rings. The molecular formula is C19H19N3O5. The Balaban J connectivity index is 1.65. The minimum Gasteiger partial charge on any atom is -0.497 e. The summed E-state index contributed by atoms with van der Waals surface area (Å²) < 4.78 is 20.9. The summed E-state index contributed by atoms with van der Waals surface area (Å²) in [4.78, 5) is 16.6. The van der Waals surface area contributed by atoms with E-state index in [1.807, 2.05) is 0 Å². The molecule has 2 aromatic carbocycles. The average Bonchev–Trinajstić information content (AvgIpc) is 3.12. The number of anilines is 1. The fourth-order valence-corrected chi connectivity index (χ4v) is 2.36. The fourth-order valence-electron chi connectivity index (χ4n) is 2.36. The standard InChI is InChI=1S/C19H19N3O5/c1-12-20-18(22-27-12)11-26-14-6-4-13(5-7-14)19(23)21-16-10-15(24-2)8-9-17(16)25-3/h4-10H,11H2,1-3H3,(H,21,23). The van der Waals surface area contributed by atoms with E-state index in [0.29, 0.717) is 40.2 Å². The number of hydrogen-bond donors (Lipinski definition) is 1. The highest BCUT2D eigenvalue weighted by Crippen LogP contribution is 2.29. The van der Waals surface area contributed by atoms with Gasteiger partial charge in [-0.2, -0.15) is 4.98 Å². The first-order valence-corrected chi connectivity index (χ1v) is 8.14. The zero-order valence-electron chi connectivity index (χ0n) is 15.2. The lowest BCUT2D eigenvalue weighted by Crippen LogP contribution is -2.12. The summed E-state index contributed by atoms with van der Waals surface area (Å²) in [5, 5.41) is 6.57. The molecule has 0 spiro atoms. The van der Waals surface area contributed by atoms with Crippen LogP contribution in [-0.4, -0.2) is 30.3 Å². The van der Waals surface area contributed by atoms with Gasteiger partial charge in [0.1, 0.15) is 17.2 Å². The minimum absolute atomic E-state index is 0.184. The summed E-state index contributed by atoms with van der Waals surface area (Å²) in [7, 11) is 3.09. The van der Waals surface area contributed by atoms with Crippen molar-refractivity contribution >= 4 is 11.6 Å². The molecule has 27 heavy (non-hydrogen) atoms. The third kappa shape index (κ3) is 4.55. The Morgan fingerprint density at radius 3 is 2.44 bits per heavy atom. The molecule has 0 unspecified atom stereocenters. The number of aromatic nitrogens is 2. The number of ether oxygens (including phenoxy) is 3. The number of benzene rings is 2. The highest BCUT2D eigenvalue weighted by atomic mass is 16.5. The summed E-state index contributed by atoms with van der Waals surface area (Å²) in [5.74, 6) is 2.41. The Morgan fingerprint density at radius 1 is 1.07 bits per heavy atom. The molecule has 8 nitrogen and oxygen atoms in total. The van der Waals surface area contributed by atoms with Crippen molar-refractivity contribution in [3.05, 3.63) is 59.7 Å². The second-order valence-electron chi connectivity index (χ2n) is 5.56. The zero-order valence-corrected chi connectivity index (χ0v) is 15.2. The van der Waals surface area contributed by atoms with E-state index < -0.39 is 0 Å². The maximum Gasteiger partial charge on any atom is 0.255 e. The van der Waals surface area contributed by atoms with Crippen LogP contribution in [0.15, 0.2) is 47.0 Å². The van der Waals surface area contributed by atoms with Crippen molar-refractivity contribution < 1.29 is 23.5 Å². The van der Waals surface area contributed by atoms with Gasteiger partial charge in [0, 0.05) is 18.6 Å². The van der Waals surface area contributed by atoms with Gasteiger partial charge in [-0.05, 0) is 36.4 Å². The lowest BCUT2D eigenvalue weighted by atomic mass is 10.2. The number of carbonyl (C=O) groups is 1. The maximum atomic E-state index is 12.5. The molecule has 0 aliphatic heterocycles. The monoisotopic (exact) mass is 369 g/mol. The van der Waals surface area contributed by atoms with Crippen LogP contribution in [0, 0.1) is 6.92 Å². The van der Waals surface area contributed by atoms with Crippen molar-refractivity contribution in [1.29, 1.82) is 0 Å². The van der Waals surface area contributed by atoms with Crippen molar-refractivity contribution in [1.82, 2.24) is 10.1 Å². The van der Waals surface area contributed by atoms with Crippen LogP contribution in [-0.2, 0) is 6.61 Å². The van der Waals surface area contributed by atoms with Gasteiger partial charge in [-0.3, -0.25) is 4.79 Å². The Morgan fingerprint density at radius 2 is 1.81 bits per heavy atom. The van der Waals surface area contributed by atoms with Gasteiger partial charge in [-0.1, -0.05) is 5.16 Å². The van der Waals surface area contributed by atoms with Crippen LogP contribution in [0.2, 0.25) is 0 Å². The molecule has 0 atom stereocenters. The van der Waals surface area contributed by atoms with Crippen LogP contribution < -0.4 is 19.5 Å². The van der Waals surface area contributed by atoms with E-state index in [9.17, 15) is 4.79 Å². The van der Waals surface area contributed by atoms with Gasteiger partial charge in [0.25, 0.3) is 5.91 Å². The largest absolute Gasteiger partial charge is 0.497 e. The van der Waals surface area contributed by atoms with E-state index in [4.69, 9.17) is 18.7 Å². The molecule has 1 heterocycles. The maximum absolute atomic E-state index is 12.5. The number of hydrogen-bond acceptors (Lipinski definition) is 7.